The van der Waals surface area contributed by atoms with Crippen LogP contribution in [0.1, 0.15) is 61.8 Å². The molecular weight excluding hydrogens is 502 g/mol. The Morgan fingerprint density at radius 3 is 2.64 bits per heavy atom. The highest BCUT2D eigenvalue weighted by molar-refractivity contribution is 6.12. The maximum absolute atomic E-state index is 11.8. The molecule has 2 aromatic rings. The van der Waals surface area contributed by atoms with Crippen LogP contribution in [0.2, 0.25) is 0 Å². The molecule has 4 N–H and O–H groups in total. The first-order valence-corrected chi connectivity index (χ1v) is 13.5. The SMILES string of the molecule is CC(=O)OCc1cc([C@@H](O)CNCCCCCCOCCCc2cccc(N3CC(=O)NC3=O)c2)ccc1O. The van der Waals surface area contributed by atoms with Crippen molar-refractivity contribution in [2.45, 2.75) is 58.2 Å². The number of aliphatic hydroxyl groups excluding tert-OH is 1. The number of amides is 3. The number of imide groups is 1. The molecule has 1 fully saturated rings. The quantitative estimate of drug-likeness (QED) is 0.136. The predicted octanol–water partition coefficient (Wildman–Crippen LogP) is 3.34. The van der Waals surface area contributed by atoms with E-state index in [2.05, 4.69) is 10.6 Å². The van der Waals surface area contributed by atoms with Crippen molar-refractivity contribution in [3.63, 3.8) is 0 Å². The summed E-state index contributed by atoms with van der Waals surface area (Å²) in [5.41, 5.74) is 2.95. The van der Waals surface area contributed by atoms with Crippen molar-refractivity contribution in [2.75, 3.05) is 37.7 Å². The summed E-state index contributed by atoms with van der Waals surface area (Å²) in [4.78, 5) is 35.7. The zero-order chi connectivity index (χ0) is 28.0. The Labute approximate surface area is 229 Å². The molecule has 10 heteroatoms. The lowest BCUT2D eigenvalue weighted by molar-refractivity contribution is -0.142. The van der Waals surface area contributed by atoms with Gasteiger partial charge in [-0.05, 0) is 67.6 Å². The second-order valence-corrected chi connectivity index (χ2v) is 9.63. The molecule has 3 rings (SSSR count). The van der Waals surface area contributed by atoms with Crippen LogP contribution < -0.4 is 15.5 Å². The molecule has 0 aliphatic carbocycles. The number of unbranched alkanes of at least 4 members (excludes halogenated alkanes) is 3. The molecule has 212 valence electrons. The minimum absolute atomic E-state index is 0.0307. The zero-order valence-corrected chi connectivity index (χ0v) is 22.5. The number of nitrogens with zero attached hydrogens (tertiary/aromatic N) is 1. The third kappa shape index (κ3) is 10.3. The van der Waals surface area contributed by atoms with E-state index < -0.39 is 12.1 Å². The smallest absolute Gasteiger partial charge is 0.329 e. The molecule has 1 saturated heterocycles. The number of carbonyl (C=O) groups is 3. The number of benzene rings is 2. The standard InChI is InChI=1S/C29H39N3O7/c1-21(33)39-20-24-17-23(11-12-26(24)34)27(35)18-30-13-4-2-3-5-14-38-15-7-9-22-8-6-10-25(16-22)32-19-28(36)31-29(32)37/h6,8,10-12,16-17,27,30,34-35H,2-5,7,9,13-15,18-20H2,1H3,(H,31,36,37)/t27-/m0/s1. The van der Waals surface area contributed by atoms with Gasteiger partial charge >= 0.3 is 12.0 Å². The van der Waals surface area contributed by atoms with Gasteiger partial charge in [0.1, 0.15) is 18.9 Å². The Balaban J connectivity index is 1.19. The number of hydrogen-bond acceptors (Lipinski definition) is 8. The van der Waals surface area contributed by atoms with E-state index in [9.17, 15) is 24.6 Å². The maximum Gasteiger partial charge on any atom is 0.329 e. The van der Waals surface area contributed by atoms with E-state index in [1.807, 2.05) is 24.3 Å². The lowest BCUT2D eigenvalue weighted by atomic mass is 10.1. The van der Waals surface area contributed by atoms with E-state index >= 15 is 0 Å². The Morgan fingerprint density at radius 1 is 1.08 bits per heavy atom. The van der Waals surface area contributed by atoms with Crippen LogP contribution in [-0.4, -0.2) is 61.0 Å². The molecule has 0 unspecified atom stereocenters. The molecule has 1 aliphatic heterocycles. The molecule has 1 aliphatic rings. The Morgan fingerprint density at radius 2 is 1.87 bits per heavy atom. The maximum atomic E-state index is 11.8. The molecule has 0 radical (unpaired) electrons. The Kier molecular flexibility index (Phi) is 12.2. The van der Waals surface area contributed by atoms with Crippen LogP contribution in [0.15, 0.2) is 42.5 Å². The lowest BCUT2D eigenvalue weighted by Gasteiger charge is -2.14. The number of aryl methyl sites for hydroxylation is 1. The number of phenols is 1. The van der Waals surface area contributed by atoms with Crippen molar-refractivity contribution in [3.8, 4) is 5.75 Å². The van der Waals surface area contributed by atoms with Gasteiger partial charge in [0.05, 0.1) is 6.10 Å². The Hall–Kier alpha value is -3.47. The summed E-state index contributed by atoms with van der Waals surface area (Å²) in [6, 6.07) is 12.1. The minimum Gasteiger partial charge on any atom is -0.508 e. The van der Waals surface area contributed by atoms with Gasteiger partial charge in [-0.15, -0.1) is 0 Å². The summed E-state index contributed by atoms with van der Waals surface area (Å²) in [6.07, 6.45) is 5.13. The van der Waals surface area contributed by atoms with E-state index in [-0.39, 0.29) is 30.8 Å². The first-order valence-electron chi connectivity index (χ1n) is 13.5. The van der Waals surface area contributed by atoms with Crippen LogP contribution in [0.4, 0.5) is 10.5 Å². The number of rotatable bonds is 17. The number of esters is 1. The van der Waals surface area contributed by atoms with Crippen molar-refractivity contribution in [1.82, 2.24) is 10.6 Å². The average molecular weight is 542 g/mol. The van der Waals surface area contributed by atoms with Gasteiger partial charge in [-0.2, -0.15) is 0 Å². The van der Waals surface area contributed by atoms with Crippen molar-refractivity contribution in [3.05, 3.63) is 59.2 Å². The summed E-state index contributed by atoms with van der Waals surface area (Å²) >= 11 is 0. The molecule has 2 aromatic carbocycles. The largest absolute Gasteiger partial charge is 0.508 e. The number of nitrogens with one attached hydrogen (secondary N) is 2. The second kappa shape index (κ2) is 15.8. The first kappa shape index (κ1) is 30.1. The van der Waals surface area contributed by atoms with E-state index in [0.29, 0.717) is 24.3 Å². The molecule has 39 heavy (non-hydrogen) atoms. The molecule has 0 saturated carbocycles. The third-order valence-electron chi connectivity index (χ3n) is 6.42. The number of aliphatic hydroxyl groups is 1. The Bertz CT molecular complexity index is 1110. The number of carbonyl (C=O) groups excluding carboxylic acids is 3. The summed E-state index contributed by atoms with van der Waals surface area (Å²) in [7, 11) is 0. The van der Waals surface area contributed by atoms with Crippen LogP contribution in [0, 0.1) is 0 Å². The fourth-order valence-corrected chi connectivity index (χ4v) is 4.28. The molecule has 0 bridgehead atoms. The highest BCUT2D eigenvalue weighted by Gasteiger charge is 2.27. The van der Waals surface area contributed by atoms with Gasteiger partial charge < -0.3 is 25.0 Å². The fraction of sp³-hybridized carbons (Fsp3) is 0.483. The first-order chi connectivity index (χ1) is 18.8. The normalized spacial score (nSPS) is 13.9. The third-order valence-corrected chi connectivity index (χ3v) is 6.42. The second-order valence-electron chi connectivity index (χ2n) is 9.63. The lowest BCUT2D eigenvalue weighted by Crippen LogP contribution is -2.27. The van der Waals surface area contributed by atoms with E-state index in [4.69, 9.17) is 9.47 Å². The van der Waals surface area contributed by atoms with Crippen molar-refractivity contribution >= 4 is 23.6 Å². The van der Waals surface area contributed by atoms with Gasteiger partial charge in [0, 0.05) is 37.9 Å². The number of urea groups is 1. The monoisotopic (exact) mass is 541 g/mol. The van der Waals surface area contributed by atoms with Crippen LogP contribution >= 0.6 is 0 Å². The highest BCUT2D eigenvalue weighted by atomic mass is 16.5. The summed E-state index contributed by atoms with van der Waals surface area (Å²) in [6.45, 7) is 3.92. The number of phenolic OH excluding ortho intramolecular Hbond substituents is 1. The molecule has 1 heterocycles. The van der Waals surface area contributed by atoms with Crippen molar-refractivity contribution in [2.24, 2.45) is 0 Å². The molecule has 3 amide bonds. The molecule has 0 spiro atoms. The van der Waals surface area contributed by atoms with Crippen LogP contribution in [0.5, 0.6) is 5.75 Å². The fourth-order valence-electron chi connectivity index (χ4n) is 4.28. The summed E-state index contributed by atoms with van der Waals surface area (Å²) < 4.78 is 10.7. The van der Waals surface area contributed by atoms with Crippen LogP contribution in [0.3, 0.4) is 0 Å². The number of aromatic hydroxyl groups is 1. The highest BCUT2D eigenvalue weighted by Crippen LogP contribution is 2.23. The van der Waals surface area contributed by atoms with Gasteiger partial charge in [0.25, 0.3) is 0 Å². The topological polar surface area (TPSA) is 137 Å². The van der Waals surface area contributed by atoms with Crippen molar-refractivity contribution in [1.29, 1.82) is 0 Å². The van der Waals surface area contributed by atoms with Crippen LogP contribution in [-0.2, 0) is 32.1 Å². The zero-order valence-electron chi connectivity index (χ0n) is 22.5. The van der Waals surface area contributed by atoms with Crippen LogP contribution in [0.25, 0.3) is 0 Å². The van der Waals surface area contributed by atoms with Gasteiger partial charge in [-0.25, -0.2) is 4.79 Å². The number of hydrogen-bond donors (Lipinski definition) is 4. The molecule has 1 atom stereocenters. The molecule has 0 aromatic heterocycles. The predicted molar refractivity (Wildman–Crippen MR) is 146 cm³/mol. The van der Waals surface area contributed by atoms with Gasteiger partial charge in [-0.1, -0.05) is 31.0 Å². The van der Waals surface area contributed by atoms with E-state index in [0.717, 1.165) is 62.9 Å². The van der Waals surface area contributed by atoms with Gasteiger partial charge in [0.2, 0.25) is 5.91 Å². The summed E-state index contributed by atoms with van der Waals surface area (Å²) in [5, 5.41) is 25.9. The summed E-state index contributed by atoms with van der Waals surface area (Å²) in [5.74, 6) is -0.681. The van der Waals surface area contributed by atoms with E-state index in [1.165, 1.54) is 17.9 Å². The number of ether oxygens (including phenoxy) is 2. The van der Waals surface area contributed by atoms with Crippen molar-refractivity contribution < 1.29 is 34.1 Å². The number of anilines is 1. The minimum atomic E-state index is -0.721. The van der Waals surface area contributed by atoms with Gasteiger partial charge in [0.15, 0.2) is 0 Å². The molecular formula is C29H39N3O7. The average Bonchev–Trinajstić information content (AvgIpc) is 3.26. The van der Waals surface area contributed by atoms with Gasteiger partial charge in [-0.3, -0.25) is 19.8 Å². The molecule has 10 nitrogen and oxygen atoms in total. The van der Waals surface area contributed by atoms with E-state index in [1.54, 1.807) is 12.1 Å².